The maximum Gasteiger partial charge on any atom is 0.324 e. The van der Waals surface area contributed by atoms with Crippen LogP contribution in [-0.4, -0.2) is 54.9 Å². The standard InChI is InChI=1S/C20H23N3O4/c1-22(18(24)4-3-9-23-19(25)12-21-20(23)26)13-14-5-6-16-11-17(27-2)8-7-15(16)10-14/h5-8,10-11H,3-4,9,12-13H2,1-2H3,(H,21,26). The summed E-state index contributed by atoms with van der Waals surface area (Å²) in [6.45, 7) is 0.812. The number of amides is 4. The second-order valence-electron chi connectivity index (χ2n) is 6.60. The van der Waals surface area contributed by atoms with Crippen molar-refractivity contribution in [1.29, 1.82) is 0 Å². The van der Waals surface area contributed by atoms with Gasteiger partial charge >= 0.3 is 6.03 Å². The Morgan fingerprint density at radius 3 is 2.63 bits per heavy atom. The number of rotatable bonds is 7. The third-order valence-electron chi connectivity index (χ3n) is 4.67. The molecule has 0 atom stereocenters. The average molecular weight is 369 g/mol. The van der Waals surface area contributed by atoms with E-state index in [1.54, 1.807) is 19.1 Å². The Morgan fingerprint density at radius 1 is 1.19 bits per heavy atom. The number of ether oxygens (including phenoxy) is 1. The number of nitrogens with one attached hydrogen (secondary N) is 1. The molecule has 0 aliphatic carbocycles. The number of benzene rings is 2. The molecule has 1 N–H and O–H groups in total. The number of urea groups is 1. The maximum atomic E-state index is 12.3. The van der Waals surface area contributed by atoms with Crippen molar-refractivity contribution < 1.29 is 19.1 Å². The van der Waals surface area contributed by atoms with Crippen molar-refractivity contribution in [3.8, 4) is 5.75 Å². The van der Waals surface area contributed by atoms with Gasteiger partial charge in [0.25, 0.3) is 0 Å². The van der Waals surface area contributed by atoms with Gasteiger partial charge in [0.15, 0.2) is 0 Å². The molecular weight excluding hydrogens is 346 g/mol. The number of hydrogen-bond donors (Lipinski definition) is 1. The normalized spacial score (nSPS) is 13.8. The topological polar surface area (TPSA) is 79.0 Å². The molecule has 1 heterocycles. The highest BCUT2D eigenvalue weighted by atomic mass is 16.5. The fraction of sp³-hybridized carbons (Fsp3) is 0.350. The van der Waals surface area contributed by atoms with Crippen LogP contribution in [0, 0.1) is 0 Å². The molecule has 7 nitrogen and oxygen atoms in total. The molecule has 7 heteroatoms. The number of fused-ring (bicyclic) bond motifs is 1. The molecule has 2 aromatic rings. The first-order valence-electron chi connectivity index (χ1n) is 8.87. The summed E-state index contributed by atoms with van der Waals surface area (Å²) in [5.41, 5.74) is 1.04. The lowest BCUT2D eigenvalue weighted by Crippen LogP contribution is -2.33. The summed E-state index contributed by atoms with van der Waals surface area (Å²) >= 11 is 0. The van der Waals surface area contributed by atoms with Gasteiger partial charge in [-0.25, -0.2) is 4.79 Å². The average Bonchev–Trinajstić information content (AvgIpc) is 2.99. The Hall–Kier alpha value is -3.09. The molecule has 0 bridgehead atoms. The molecule has 0 radical (unpaired) electrons. The Morgan fingerprint density at radius 2 is 1.93 bits per heavy atom. The van der Waals surface area contributed by atoms with Crippen LogP contribution in [0.3, 0.4) is 0 Å². The molecule has 3 rings (SSSR count). The highest BCUT2D eigenvalue weighted by molar-refractivity contribution is 6.01. The van der Waals surface area contributed by atoms with Crippen LogP contribution in [0.2, 0.25) is 0 Å². The molecule has 27 heavy (non-hydrogen) atoms. The monoisotopic (exact) mass is 369 g/mol. The number of carbonyl (C=O) groups excluding carboxylic acids is 3. The van der Waals surface area contributed by atoms with E-state index in [9.17, 15) is 14.4 Å². The minimum Gasteiger partial charge on any atom is -0.497 e. The van der Waals surface area contributed by atoms with E-state index in [1.165, 1.54) is 0 Å². The van der Waals surface area contributed by atoms with E-state index in [0.29, 0.717) is 19.4 Å². The molecule has 0 saturated carbocycles. The number of hydrogen-bond acceptors (Lipinski definition) is 4. The van der Waals surface area contributed by atoms with Crippen molar-refractivity contribution in [3.05, 3.63) is 42.0 Å². The van der Waals surface area contributed by atoms with Crippen molar-refractivity contribution >= 4 is 28.6 Å². The zero-order valence-corrected chi connectivity index (χ0v) is 15.5. The van der Waals surface area contributed by atoms with Gasteiger partial charge in [-0.05, 0) is 41.0 Å². The number of carbonyl (C=O) groups is 3. The van der Waals surface area contributed by atoms with Crippen molar-refractivity contribution in [2.75, 3.05) is 27.2 Å². The van der Waals surface area contributed by atoms with E-state index >= 15 is 0 Å². The minimum absolute atomic E-state index is 0.0168. The molecule has 0 unspecified atom stereocenters. The van der Waals surface area contributed by atoms with Gasteiger partial charge in [-0.15, -0.1) is 0 Å². The van der Waals surface area contributed by atoms with Gasteiger partial charge < -0.3 is 15.0 Å². The second kappa shape index (κ2) is 8.07. The van der Waals surface area contributed by atoms with E-state index in [1.807, 2.05) is 30.3 Å². The highest BCUT2D eigenvalue weighted by Gasteiger charge is 2.27. The molecule has 2 aromatic carbocycles. The fourth-order valence-corrected chi connectivity index (χ4v) is 3.12. The molecule has 1 saturated heterocycles. The van der Waals surface area contributed by atoms with Crippen LogP contribution in [0.4, 0.5) is 4.79 Å². The molecule has 4 amide bonds. The molecule has 1 fully saturated rings. The minimum atomic E-state index is -0.381. The van der Waals surface area contributed by atoms with Gasteiger partial charge in [0.05, 0.1) is 13.7 Å². The predicted octanol–water partition coefficient (Wildman–Crippen LogP) is 2.14. The van der Waals surface area contributed by atoms with Gasteiger partial charge in [0, 0.05) is 26.6 Å². The van der Waals surface area contributed by atoms with Crippen molar-refractivity contribution in [2.24, 2.45) is 0 Å². The Bertz CT molecular complexity index is 865. The van der Waals surface area contributed by atoms with E-state index < -0.39 is 0 Å². The van der Waals surface area contributed by atoms with Gasteiger partial charge in [-0.2, -0.15) is 0 Å². The van der Waals surface area contributed by atoms with Gasteiger partial charge in [0.2, 0.25) is 11.8 Å². The Labute approximate surface area is 157 Å². The quantitative estimate of drug-likeness (QED) is 0.759. The Balaban J connectivity index is 1.53. The van der Waals surface area contributed by atoms with Crippen LogP contribution in [0.5, 0.6) is 5.75 Å². The van der Waals surface area contributed by atoms with Gasteiger partial charge in [-0.3, -0.25) is 14.5 Å². The first-order chi connectivity index (χ1) is 13.0. The number of methoxy groups -OCH3 is 1. The van der Waals surface area contributed by atoms with Crippen LogP contribution in [0.15, 0.2) is 36.4 Å². The van der Waals surface area contributed by atoms with Crippen LogP contribution in [-0.2, 0) is 16.1 Å². The van der Waals surface area contributed by atoms with Crippen molar-refractivity contribution in [3.63, 3.8) is 0 Å². The number of nitrogens with zero attached hydrogens (tertiary/aromatic N) is 2. The highest BCUT2D eigenvalue weighted by Crippen LogP contribution is 2.22. The third-order valence-corrected chi connectivity index (χ3v) is 4.67. The first kappa shape index (κ1) is 18.7. The van der Waals surface area contributed by atoms with Crippen LogP contribution in [0.1, 0.15) is 18.4 Å². The zero-order chi connectivity index (χ0) is 19.4. The van der Waals surface area contributed by atoms with E-state index in [0.717, 1.165) is 27.0 Å². The summed E-state index contributed by atoms with van der Waals surface area (Å²) in [4.78, 5) is 38.2. The smallest absolute Gasteiger partial charge is 0.324 e. The summed E-state index contributed by atoms with van der Waals surface area (Å²) in [6.07, 6.45) is 0.748. The predicted molar refractivity (Wildman–Crippen MR) is 101 cm³/mol. The van der Waals surface area contributed by atoms with Gasteiger partial charge in [0.1, 0.15) is 5.75 Å². The molecular formula is C20H23N3O4. The largest absolute Gasteiger partial charge is 0.497 e. The molecule has 1 aliphatic heterocycles. The molecule has 142 valence electrons. The van der Waals surface area contributed by atoms with Crippen LogP contribution < -0.4 is 10.1 Å². The fourth-order valence-electron chi connectivity index (χ4n) is 3.12. The van der Waals surface area contributed by atoms with Crippen LogP contribution in [0.25, 0.3) is 10.8 Å². The van der Waals surface area contributed by atoms with Gasteiger partial charge in [-0.1, -0.05) is 18.2 Å². The molecule has 0 aromatic heterocycles. The first-order valence-corrected chi connectivity index (χ1v) is 8.87. The molecule has 1 aliphatic rings. The van der Waals surface area contributed by atoms with E-state index in [2.05, 4.69) is 11.4 Å². The summed E-state index contributed by atoms with van der Waals surface area (Å²) in [5.74, 6) is 0.554. The van der Waals surface area contributed by atoms with Crippen molar-refractivity contribution in [2.45, 2.75) is 19.4 Å². The maximum absolute atomic E-state index is 12.3. The van der Waals surface area contributed by atoms with E-state index in [-0.39, 0.29) is 30.9 Å². The van der Waals surface area contributed by atoms with Crippen LogP contribution >= 0.6 is 0 Å². The lowest BCUT2D eigenvalue weighted by molar-refractivity contribution is -0.131. The third kappa shape index (κ3) is 4.36. The molecule has 0 spiro atoms. The van der Waals surface area contributed by atoms with E-state index in [4.69, 9.17) is 4.74 Å². The summed E-state index contributed by atoms with van der Waals surface area (Å²) in [7, 11) is 3.40. The lowest BCUT2D eigenvalue weighted by atomic mass is 10.1. The summed E-state index contributed by atoms with van der Waals surface area (Å²) in [5, 5.41) is 4.64. The Kier molecular flexibility index (Phi) is 5.59. The summed E-state index contributed by atoms with van der Waals surface area (Å²) < 4.78 is 5.23. The number of imide groups is 1. The lowest BCUT2D eigenvalue weighted by Gasteiger charge is -2.18. The summed E-state index contributed by atoms with van der Waals surface area (Å²) in [6, 6.07) is 11.6. The zero-order valence-electron chi connectivity index (χ0n) is 15.5. The van der Waals surface area contributed by atoms with Crippen molar-refractivity contribution in [1.82, 2.24) is 15.1 Å². The second-order valence-corrected chi connectivity index (χ2v) is 6.60. The SMILES string of the molecule is COc1ccc2cc(CN(C)C(=O)CCCN3C(=O)CNC3=O)ccc2c1.